The molecule has 0 spiro atoms. The Morgan fingerprint density at radius 3 is 2.40 bits per heavy atom. The second-order valence-electron chi connectivity index (χ2n) is 7.54. The summed E-state index contributed by atoms with van der Waals surface area (Å²) in [5.74, 6) is 0.471. The van der Waals surface area contributed by atoms with Crippen LogP contribution in [0.5, 0.6) is 5.75 Å². The molecule has 1 heterocycles. The van der Waals surface area contributed by atoms with E-state index in [1.54, 1.807) is 29.6 Å². The number of carbonyl (C=O) groups is 1. The molecule has 0 aromatic heterocycles. The fourth-order valence-electron chi connectivity index (χ4n) is 3.66. The van der Waals surface area contributed by atoms with Crippen molar-refractivity contribution in [1.29, 1.82) is 0 Å². The molecule has 0 unspecified atom stereocenters. The monoisotopic (exact) mass is 430 g/mol. The largest absolute Gasteiger partial charge is 0.496 e. The van der Waals surface area contributed by atoms with E-state index in [0.29, 0.717) is 30.8 Å². The highest BCUT2D eigenvalue weighted by Gasteiger charge is 2.26. The van der Waals surface area contributed by atoms with Gasteiger partial charge in [0.25, 0.3) is 0 Å². The van der Waals surface area contributed by atoms with E-state index in [0.717, 1.165) is 31.4 Å². The van der Waals surface area contributed by atoms with Gasteiger partial charge in [0.15, 0.2) is 0 Å². The first-order valence-corrected chi connectivity index (χ1v) is 11.9. The molecule has 7 heteroatoms. The van der Waals surface area contributed by atoms with Gasteiger partial charge in [-0.15, -0.1) is 0 Å². The fraction of sp³-hybridized carbons (Fsp3) is 0.435. The number of carbonyl (C=O) groups excluding carboxylic acids is 1. The van der Waals surface area contributed by atoms with Gasteiger partial charge in [-0.25, -0.2) is 8.42 Å². The van der Waals surface area contributed by atoms with Crippen LogP contribution in [0.25, 0.3) is 0 Å². The van der Waals surface area contributed by atoms with Crippen molar-refractivity contribution in [2.75, 3.05) is 25.5 Å². The number of benzene rings is 2. The third-order valence-electron chi connectivity index (χ3n) is 5.47. The zero-order valence-corrected chi connectivity index (χ0v) is 18.5. The third-order valence-corrected chi connectivity index (χ3v) is 7.37. The van der Waals surface area contributed by atoms with Gasteiger partial charge in [0, 0.05) is 25.2 Å². The van der Waals surface area contributed by atoms with E-state index in [1.807, 2.05) is 24.3 Å². The highest BCUT2D eigenvalue weighted by molar-refractivity contribution is 7.89. The molecule has 1 aliphatic heterocycles. The fourth-order valence-corrected chi connectivity index (χ4v) is 5.23. The van der Waals surface area contributed by atoms with Gasteiger partial charge in [0.2, 0.25) is 15.9 Å². The molecule has 6 nitrogen and oxygen atoms in total. The minimum Gasteiger partial charge on any atom is -0.496 e. The molecule has 30 heavy (non-hydrogen) atoms. The van der Waals surface area contributed by atoms with Gasteiger partial charge in [-0.3, -0.25) is 4.79 Å². The van der Waals surface area contributed by atoms with Crippen LogP contribution in [-0.4, -0.2) is 38.8 Å². The van der Waals surface area contributed by atoms with E-state index in [2.05, 4.69) is 12.2 Å². The van der Waals surface area contributed by atoms with E-state index < -0.39 is 10.0 Å². The van der Waals surface area contributed by atoms with E-state index in [1.165, 1.54) is 5.56 Å². The van der Waals surface area contributed by atoms with Crippen LogP contribution in [0.4, 0.5) is 5.69 Å². The first kappa shape index (κ1) is 22.3. The summed E-state index contributed by atoms with van der Waals surface area (Å²) in [4.78, 5) is 12.7. The van der Waals surface area contributed by atoms with Gasteiger partial charge in [-0.05, 0) is 67.1 Å². The molecule has 2 aromatic carbocycles. The summed E-state index contributed by atoms with van der Waals surface area (Å²) in [6, 6.07) is 12.7. The van der Waals surface area contributed by atoms with Gasteiger partial charge in [-0.1, -0.05) is 25.5 Å². The number of aryl methyl sites for hydroxylation is 2. The van der Waals surface area contributed by atoms with Crippen molar-refractivity contribution in [3.8, 4) is 5.75 Å². The number of amides is 1. The Kier molecular flexibility index (Phi) is 7.50. The molecular weight excluding hydrogens is 400 g/mol. The van der Waals surface area contributed by atoms with Gasteiger partial charge >= 0.3 is 0 Å². The van der Waals surface area contributed by atoms with Crippen molar-refractivity contribution >= 4 is 21.6 Å². The lowest BCUT2D eigenvalue weighted by Gasteiger charge is -2.26. The summed E-state index contributed by atoms with van der Waals surface area (Å²) in [5, 5.41) is 2.89. The molecule has 1 N–H and O–H groups in total. The molecule has 1 amide bonds. The normalized spacial score (nSPS) is 15.0. The Labute approximate surface area is 179 Å². The molecule has 0 atom stereocenters. The number of nitrogens with one attached hydrogen (secondary N) is 1. The molecule has 0 saturated carbocycles. The second kappa shape index (κ2) is 10.1. The van der Waals surface area contributed by atoms with Crippen molar-refractivity contribution in [3.63, 3.8) is 0 Å². The third kappa shape index (κ3) is 5.40. The van der Waals surface area contributed by atoms with E-state index in [4.69, 9.17) is 4.74 Å². The zero-order valence-electron chi connectivity index (χ0n) is 17.7. The molecule has 162 valence electrons. The van der Waals surface area contributed by atoms with Crippen molar-refractivity contribution < 1.29 is 17.9 Å². The van der Waals surface area contributed by atoms with Gasteiger partial charge in [0.05, 0.1) is 12.0 Å². The summed E-state index contributed by atoms with van der Waals surface area (Å²) in [6.45, 7) is 3.20. The summed E-state index contributed by atoms with van der Waals surface area (Å²) >= 11 is 0. The van der Waals surface area contributed by atoms with E-state index in [9.17, 15) is 13.2 Å². The lowest BCUT2D eigenvalue weighted by Crippen LogP contribution is -2.35. The average molecular weight is 431 g/mol. The Morgan fingerprint density at radius 1 is 1.07 bits per heavy atom. The number of hydrogen-bond donors (Lipinski definition) is 1. The molecule has 1 saturated heterocycles. The van der Waals surface area contributed by atoms with Crippen LogP contribution >= 0.6 is 0 Å². The molecule has 3 rings (SSSR count). The number of methoxy groups -OCH3 is 1. The molecule has 0 radical (unpaired) electrons. The van der Waals surface area contributed by atoms with Crippen molar-refractivity contribution in [1.82, 2.24) is 4.31 Å². The summed E-state index contributed by atoms with van der Waals surface area (Å²) in [7, 11) is -1.98. The lowest BCUT2D eigenvalue weighted by atomic mass is 10.1. The molecule has 0 aliphatic carbocycles. The zero-order chi connectivity index (χ0) is 21.6. The summed E-state index contributed by atoms with van der Waals surface area (Å²) < 4.78 is 32.9. The molecule has 1 fully saturated rings. The SMILES string of the molecule is CCc1ccc(NC(=O)CCc2cc(S(=O)(=O)N3CCCCC3)ccc2OC)cc1. The minimum absolute atomic E-state index is 0.120. The predicted molar refractivity (Wildman–Crippen MR) is 118 cm³/mol. The van der Waals surface area contributed by atoms with Crippen LogP contribution in [0.2, 0.25) is 0 Å². The Hall–Kier alpha value is -2.38. The highest BCUT2D eigenvalue weighted by atomic mass is 32.2. The predicted octanol–water partition coefficient (Wildman–Crippen LogP) is 4.00. The number of anilines is 1. The van der Waals surface area contributed by atoms with Crippen molar-refractivity contribution in [3.05, 3.63) is 53.6 Å². The number of ether oxygens (including phenoxy) is 1. The Morgan fingerprint density at radius 2 is 1.77 bits per heavy atom. The number of nitrogens with zero attached hydrogens (tertiary/aromatic N) is 1. The van der Waals surface area contributed by atoms with Gasteiger partial charge in [0.1, 0.15) is 5.75 Å². The molecule has 0 bridgehead atoms. The summed E-state index contributed by atoms with van der Waals surface area (Å²) in [6.07, 6.45) is 4.43. The minimum atomic E-state index is -3.53. The summed E-state index contributed by atoms with van der Waals surface area (Å²) in [5.41, 5.74) is 2.68. The molecule has 1 aliphatic rings. The van der Waals surface area contributed by atoms with E-state index in [-0.39, 0.29) is 17.2 Å². The first-order valence-electron chi connectivity index (χ1n) is 10.5. The number of sulfonamides is 1. The topological polar surface area (TPSA) is 75.7 Å². The lowest BCUT2D eigenvalue weighted by molar-refractivity contribution is -0.116. The maximum absolute atomic E-state index is 13.0. The number of piperidine rings is 1. The quantitative estimate of drug-likeness (QED) is 0.687. The first-order chi connectivity index (χ1) is 14.4. The van der Waals surface area contributed by atoms with Crippen LogP contribution in [0.1, 0.15) is 43.7 Å². The number of hydrogen-bond acceptors (Lipinski definition) is 4. The number of rotatable bonds is 8. The van der Waals surface area contributed by atoms with Gasteiger partial charge < -0.3 is 10.1 Å². The molecule has 2 aromatic rings. The van der Waals surface area contributed by atoms with Crippen molar-refractivity contribution in [2.24, 2.45) is 0 Å². The Bertz CT molecular complexity index is 965. The van der Waals surface area contributed by atoms with Crippen LogP contribution in [0, 0.1) is 0 Å². The van der Waals surface area contributed by atoms with E-state index >= 15 is 0 Å². The Balaban J connectivity index is 1.69. The van der Waals surface area contributed by atoms with Crippen LogP contribution < -0.4 is 10.1 Å². The average Bonchev–Trinajstić information content (AvgIpc) is 2.78. The van der Waals surface area contributed by atoms with Crippen LogP contribution in [-0.2, 0) is 27.7 Å². The molecular formula is C23H30N2O4S. The standard InChI is InChI=1S/C23H30N2O4S/c1-3-18-7-10-20(11-8-18)24-23(26)14-9-19-17-21(12-13-22(19)29-2)30(27,28)25-15-5-4-6-16-25/h7-8,10-13,17H,3-6,9,14-16H2,1-2H3,(H,24,26). The van der Waals surface area contributed by atoms with Crippen molar-refractivity contribution in [2.45, 2.75) is 50.3 Å². The smallest absolute Gasteiger partial charge is 0.243 e. The van der Waals surface area contributed by atoms with Crippen LogP contribution in [0.3, 0.4) is 0 Å². The van der Waals surface area contributed by atoms with Crippen LogP contribution in [0.15, 0.2) is 47.4 Å². The maximum atomic E-state index is 13.0. The van der Waals surface area contributed by atoms with Gasteiger partial charge in [-0.2, -0.15) is 4.31 Å². The highest BCUT2D eigenvalue weighted by Crippen LogP contribution is 2.27. The maximum Gasteiger partial charge on any atom is 0.243 e. The second-order valence-corrected chi connectivity index (χ2v) is 9.47.